The minimum Gasteiger partial charge on any atom is -0.493 e. The predicted molar refractivity (Wildman–Crippen MR) is 97.1 cm³/mol. The summed E-state index contributed by atoms with van der Waals surface area (Å²) in [6.45, 7) is 3.71. The van der Waals surface area contributed by atoms with Gasteiger partial charge in [0.1, 0.15) is 5.57 Å². The molecule has 2 rings (SSSR count). The molecule has 1 aromatic rings. The normalized spacial score (nSPS) is 13.8. The van der Waals surface area contributed by atoms with Crippen LogP contribution in [-0.2, 0) is 19.1 Å². The molecule has 0 saturated heterocycles. The summed E-state index contributed by atoms with van der Waals surface area (Å²) in [5, 5.41) is 0. The second kappa shape index (κ2) is 9.85. The highest BCUT2D eigenvalue weighted by Gasteiger charge is 2.22. The van der Waals surface area contributed by atoms with E-state index in [-0.39, 0.29) is 24.9 Å². The summed E-state index contributed by atoms with van der Waals surface area (Å²) >= 11 is 0. The van der Waals surface area contributed by atoms with Crippen LogP contribution >= 0.6 is 0 Å². The Morgan fingerprint density at radius 1 is 1.04 bits per heavy atom. The average molecular weight is 362 g/mol. The summed E-state index contributed by atoms with van der Waals surface area (Å²) in [7, 11) is 1.58. The summed E-state index contributed by atoms with van der Waals surface area (Å²) in [6.07, 6.45) is 5.96. The van der Waals surface area contributed by atoms with Crippen LogP contribution in [-0.4, -0.2) is 38.4 Å². The molecule has 26 heavy (non-hydrogen) atoms. The highest BCUT2D eigenvalue weighted by molar-refractivity contribution is 6.17. The molecule has 0 spiro atoms. The predicted octanol–water partition coefficient (Wildman–Crippen LogP) is 3.53. The Bertz CT molecular complexity index is 638. The van der Waals surface area contributed by atoms with Crippen molar-refractivity contribution in [3.63, 3.8) is 0 Å². The van der Waals surface area contributed by atoms with Crippen LogP contribution in [0, 0.1) is 0 Å². The van der Waals surface area contributed by atoms with Crippen LogP contribution in [0.4, 0.5) is 0 Å². The van der Waals surface area contributed by atoms with Crippen LogP contribution in [0.3, 0.4) is 0 Å². The summed E-state index contributed by atoms with van der Waals surface area (Å²) in [4.78, 5) is 24.2. The zero-order valence-corrected chi connectivity index (χ0v) is 15.6. The Kier molecular flexibility index (Phi) is 7.51. The van der Waals surface area contributed by atoms with Gasteiger partial charge in [-0.2, -0.15) is 0 Å². The lowest BCUT2D eigenvalue weighted by Gasteiger charge is -2.16. The second-order valence-electron chi connectivity index (χ2n) is 5.93. The van der Waals surface area contributed by atoms with E-state index in [4.69, 9.17) is 18.9 Å². The second-order valence-corrected chi connectivity index (χ2v) is 5.93. The minimum absolute atomic E-state index is 0.148. The zero-order chi connectivity index (χ0) is 18.9. The van der Waals surface area contributed by atoms with Crippen molar-refractivity contribution in [2.75, 3.05) is 20.3 Å². The van der Waals surface area contributed by atoms with Gasteiger partial charge in [-0.05, 0) is 63.3 Å². The maximum Gasteiger partial charge on any atom is 0.345 e. The van der Waals surface area contributed by atoms with Gasteiger partial charge in [-0.3, -0.25) is 0 Å². The van der Waals surface area contributed by atoms with E-state index in [0.717, 1.165) is 25.7 Å². The maximum absolute atomic E-state index is 12.1. The first-order chi connectivity index (χ1) is 12.6. The Labute approximate surface area is 154 Å². The van der Waals surface area contributed by atoms with Gasteiger partial charge < -0.3 is 18.9 Å². The molecule has 142 valence electrons. The number of methoxy groups -OCH3 is 1. The molecule has 0 atom stereocenters. The third kappa shape index (κ3) is 5.25. The minimum atomic E-state index is -0.708. The van der Waals surface area contributed by atoms with Crippen molar-refractivity contribution < 1.29 is 28.5 Å². The van der Waals surface area contributed by atoms with Crippen LogP contribution in [0.1, 0.15) is 45.1 Å². The van der Waals surface area contributed by atoms with Crippen LogP contribution in [0.25, 0.3) is 6.08 Å². The van der Waals surface area contributed by atoms with Gasteiger partial charge in [-0.1, -0.05) is 6.07 Å². The molecule has 1 aliphatic rings. The van der Waals surface area contributed by atoms with Gasteiger partial charge in [0.05, 0.1) is 26.4 Å². The van der Waals surface area contributed by atoms with Crippen molar-refractivity contribution in [1.29, 1.82) is 0 Å². The summed E-state index contributed by atoms with van der Waals surface area (Å²) < 4.78 is 21.3. The van der Waals surface area contributed by atoms with Gasteiger partial charge >= 0.3 is 11.9 Å². The van der Waals surface area contributed by atoms with Crippen molar-refractivity contribution in [3.05, 3.63) is 29.3 Å². The summed E-state index contributed by atoms with van der Waals surface area (Å²) in [5.41, 5.74) is 0.487. The number of carbonyl (C=O) groups excluding carboxylic acids is 2. The van der Waals surface area contributed by atoms with Crippen molar-refractivity contribution in [3.8, 4) is 11.5 Å². The van der Waals surface area contributed by atoms with E-state index in [2.05, 4.69) is 0 Å². The highest BCUT2D eigenvalue weighted by Crippen LogP contribution is 2.33. The molecule has 1 saturated carbocycles. The van der Waals surface area contributed by atoms with Crippen molar-refractivity contribution in [1.82, 2.24) is 0 Å². The standard InChI is InChI=1S/C20H26O6/c1-4-24-19(21)16(20(22)25-5-2)12-14-10-11-17(23-3)18(13-14)26-15-8-6-7-9-15/h10-13,15H,4-9H2,1-3H3. The number of hydrogen-bond donors (Lipinski definition) is 0. The number of esters is 2. The van der Waals surface area contributed by atoms with Crippen molar-refractivity contribution in [2.24, 2.45) is 0 Å². The fraction of sp³-hybridized carbons (Fsp3) is 0.500. The SMILES string of the molecule is CCOC(=O)C(=Cc1ccc(OC)c(OC2CCCC2)c1)C(=O)OCC. The molecular formula is C20H26O6. The Morgan fingerprint density at radius 3 is 2.19 bits per heavy atom. The molecule has 6 heteroatoms. The fourth-order valence-corrected chi connectivity index (χ4v) is 2.85. The van der Waals surface area contributed by atoms with E-state index in [1.165, 1.54) is 6.08 Å². The van der Waals surface area contributed by atoms with Gasteiger partial charge in [0, 0.05) is 0 Å². The van der Waals surface area contributed by atoms with E-state index < -0.39 is 11.9 Å². The number of carbonyl (C=O) groups is 2. The quantitative estimate of drug-likeness (QED) is 0.305. The Balaban J connectivity index is 2.31. The average Bonchev–Trinajstić information content (AvgIpc) is 3.13. The van der Waals surface area contributed by atoms with Gasteiger partial charge in [-0.25, -0.2) is 9.59 Å². The molecular weight excluding hydrogens is 336 g/mol. The molecule has 0 radical (unpaired) electrons. The molecule has 0 amide bonds. The lowest BCUT2D eigenvalue weighted by molar-refractivity contribution is -0.146. The maximum atomic E-state index is 12.1. The number of ether oxygens (including phenoxy) is 4. The van der Waals surface area contributed by atoms with Crippen LogP contribution in [0.15, 0.2) is 23.8 Å². The number of hydrogen-bond acceptors (Lipinski definition) is 6. The first-order valence-corrected chi connectivity index (χ1v) is 8.99. The van der Waals surface area contributed by atoms with E-state index in [1.54, 1.807) is 39.2 Å². The summed E-state index contributed by atoms with van der Waals surface area (Å²) in [5.74, 6) is -0.205. The molecule has 1 aliphatic carbocycles. The van der Waals surface area contributed by atoms with Gasteiger partial charge in [-0.15, -0.1) is 0 Å². The third-order valence-corrected chi connectivity index (χ3v) is 4.09. The molecule has 0 aliphatic heterocycles. The van der Waals surface area contributed by atoms with Crippen LogP contribution in [0.2, 0.25) is 0 Å². The molecule has 1 aromatic carbocycles. The van der Waals surface area contributed by atoms with Gasteiger partial charge in [0.25, 0.3) is 0 Å². The monoisotopic (exact) mass is 362 g/mol. The Hall–Kier alpha value is -2.50. The van der Waals surface area contributed by atoms with Crippen LogP contribution < -0.4 is 9.47 Å². The topological polar surface area (TPSA) is 71.1 Å². The number of rotatable bonds is 8. The summed E-state index contributed by atoms with van der Waals surface area (Å²) in [6, 6.07) is 5.26. The Morgan fingerprint density at radius 2 is 1.65 bits per heavy atom. The largest absolute Gasteiger partial charge is 0.493 e. The van der Waals surface area contributed by atoms with Gasteiger partial charge in [0.15, 0.2) is 11.5 Å². The smallest absolute Gasteiger partial charge is 0.345 e. The molecule has 0 N–H and O–H groups in total. The molecule has 0 bridgehead atoms. The molecule has 1 fully saturated rings. The first kappa shape index (κ1) is 19.8. The lowest BCUT2D eigenvalue weighted by Crippen LogP contribution is -2.18. The molecule has 6 nitrogen and oxygen atoms in total. The van der Waals surface area contributed by atoms with Gasteiger partial charge in [0.2, 0.25) is 0 Å². The third-order valence-electron chi connectivity index (χ3n) is 4.09. The van der Waals surface area contributed by atoms with E-state index in [9.17, 15) is 9.59 Å². The van der Waals surface area contributed by atoms with Crippen LogP contribution in [0.5, 0.6) is 11.5 Å². The number of benzene rings is 1. The highest BCUT2D eigenvalue weighted by atomic mass is 16.6. The fourth-order valence-electron chi connectivity index (χ4n) is 2.85. The van der Waals surface area contributed by atoms with Crippen molar-refractivity contribution >= 4 is 18.0 Å². The van der Waals surface area contributed by atoms with Crippen molar-refractivity contribution in [2.45, 2.75) is 45.6 Å². The zero-order valence-electron chi connectivity index (χ0n) is 15.6. The van der Waals surface area contributed by atoms with E-state index >= 15 is 0 Å². The van der Waals surface area contributed by atoms with E-state index in [1.807, 2.05) is 0 Å². The molecule has 0 heterocycles. The molecule has 0 aromatic heterocycles. The van der Waals surface area contributed by atoms with E-state index in [0.29, 0.717) is 17.1 Å². The molecule has 0 unspecified atom stereocenters. The lowest BCUT2D eigenvalue weighted by atomic mass is 10.1. The first-order valence-electron chi connectivity index (χ1n) is 8.99.